The van der Waals surface area contributed by atoms with Crippen LogP contribution in [0.5, 0.6) is 0 Å². The lowest BCUT2D eigenvalue weighted by Gasteiger charge is -2.19. The molecular weight excluding hydrogens is 346 g/mol. The Morgan fingerprint density at radius 1 is 1.19 bits per heavy atom. The molecule has 8 heteroatoms. The summed E-state index contributed by atoms with van der Waals surface area (Å²) >= 11 is 0. The second-order valence-corrected chi connectivity index (χ2v) is 7.22. The number of carbonyl (C=O) groups excluding carboxylic acids is 2. The van der Waals surface area contributed by atoms with E-state index in [1.54, 1.807) is 31.8 Å². The highest BCUT2D eigenvalue weighted by molar-refractivity contribution is 5.76. The van der Waals surface area contributed by atoms with Crippen molar-refractivity contribution < 1.29 is 14.3 Å². The topological polar surface area (TPSA) is 98.1 Å². The van der Waals surface area contributed by atoms with Crippen molar-refractivity contribution >= 4 is 12.0 Å². The van der Waals surface area contributed by atoms with Crippen LogP contribution in [0.2, 0.25) is 0 Å². The Labute approximate surface area is 159 Å². The number of carbonyl (C=O) groups is 2. The van der Waals surface area contributed by atoms with Crippen LogP contribution in [0, 0.1) is 0 Å². The van der Waals surface area contributed by atoms with E-state index in [9.17, 15) is 9.59 Å². The summed E-state index contributed by atoms with van der Waals surface area (Å²) in [6, 6.07) is 7.97. The van der Waals surface area contributed by atoms with Crippen LogP contribution in [0.15, 0.2) is 36.9 Å². The number of amides is 2. The standard InChI is InChI=1S/C19H27N5O3/c1-19(2,3)27-18(26)21-9-5-8-17(25)22-11-15-6-4-7-16(10-15)12-24-14-20-13-23-24/h4,6-7,10,13-14H,5,8-9,11-12H2,1-3H3,(H,21,26)(H,22,25). The zero-order chi connectivity index (χ0) is 19.7. The lowest BCUT2D eigenvalue weighted by Crippen LogP contribution is -2.33. The van der Waals surface area contributed by atoms with Crippen molar-refractivity contribution in [3.05, 3.63) is 48.0 Å². The summed E-state index contributed by atoms with van der Waals surface area (Å²) in [5.41, 5.74) is 1.59. The molecule has 2 N–H and O–H groups in total. The molecule has 0 saturated carbocycles. The largest absolute Gasteiger partial charge is 0.444 e. The molecule has 1 aromatic carbocycles. The van der Waals surface area contributed by atoms with Crippen LogP contribution in [-0.4, -0.2) is 38.9 Å². The fraction of sp³-hybridized carbons (Fsp3) is 0.474. The summed E-state index contributed by atoms with van der Waals surface area (Å²) in [4.78, 5) is 27.4. The third-order valence-corrected chi connectivity index (χ3v) is 3.54. The molecule has 8 nitrogen and oxygen atoms in total. The van der Waals surface area contributed by atoms with Crippen molar-refractivity contribution in [3.8, 4) is 0 Å². The van der Waals surface area contributed by atoms with Gasteiger partial charge < -0.3 is 15.4 Å². The van der Waals surface area contributed by atoms with E-state index in [4.69, 9.17) is 4.74 Å². The Morgan fingerprint density at radius 3 is 2.67 bits per heavy atom. The number of nitrogens with zero attached hydrogens (tertiary/aromatic N) is 3. The maximum Gasteiger partial charge on any atom is 0.407 e. The first-order valence-corrected chi connectivity index (χ1v) is 8.95. The summed E-state index contributed by atoms with van der Waals surface area (Å²) in [6.07, 6.45) is 3.60. The van der Waals surface area contributed by atoms with Gasteiger partial charge in [0.2, 0.25) is 5.91 Å². The van der Waals surface area contributed by atoms with E-state index < -0.39 is 11.7 Å². The van der Waals surface area contributed by atoms with E-state index >= 15 is 0 Å². The van der Waals surface area contributed by atoms with Gasteiger partial charge in [0.25, 0.3) is 0 Å². The number of aromatic nitrogens is 3. The minimum absolute atomic E-state index is 0.0531. The van der Waals surface area contributed by atoms with Gasteiger partial charge in [-0.3, -0.25) is 4.79 Å². The van der Waals surface area contributed by atoms with Gasteiger partial charge in [0, 0.05) is 19.5 Å². The number of benzene rings is 1. The van der Waals surface area contributed by atoms with Crippen molar-refractivity contribution in [3.63, 3.8) is 0 Å². The van der Waals surface area contributed by atoms with Crippen molar-refractivity contribution in [2.45, 2.75) is 52.3 Å². The molecule has 2 aromatic rings. The van der Waals surface area contributed by atoms with Gasteiger partial charge in [-0.25, -0.2) is 14.5 Å². The highest BCUT2D eigenvalue weighted by atomic mass is 16.6. The Morgan fingerprint density at radius 2 is 1.96 bits per heavy atom. The average Bonchev–Trinajstić information content (AvgIpc) is 3.09. The summed E-state index contributed by atoms with van der Waals surface area (Å²) in [7, 11) is 0. The SMILES string of the molecule is CC(C)(C)OC(=O)NCCCC(=O)NCc1cccc(Cn2cncn2)c1. The van der Waals surface area contributed by atoms with Crippen LogP contribution < -0.4 is 10.6 Å². The molecule has 0 radical (unpaired) electrons. The predicted octanol–water partition coefficient (Wildman–Crippen LogP) is 2.25. The van der Waals surface area contributed by atoms with Gasteiger partial charge in [-0.2, -0.15) is 5.10 Å². The van der Waals surface area contributed by atoms with E-state index in [0.29, 0.717) is 32.5 Å². The maximum absolute atomic E-state index is 12.0. The summed E-state index contributed by atoms with van der Waals surface area (Å²) in [5.74, 6) is -0.0531. The Bertz CT molecular complexity index is 738. The molecule has 1 aromatic heterocycles. The van der Waals surface area contributed by atoms with E-state index in [0.717, 1.165) is 11.1 Å². The van der Waals surface area contributed by atoms with Gasteiger partial charge in [-0.05, 0) is 38.3 Å². The molecule has 0 aliphatic heterocycles. The number of ether oxygens (including phenoxy) is 1. The fourth-order valence-corrected chi connectivity index (χ4v) is 2.38. The zero-order valence-electron chi connectivity index (χ0n) is 16.1. The third-order valence-electron chi connectivity index (χ3n) is 3.54. The van der Waals surface area contributed by atoms with Gasteiger partial charge in [0.1, 0.15) is 18.3 Å². The number of nitrogens with one attached hydrogen (secondary N) is 2. The average molecular weight is 373 g/mol. The van der Waals surface area contributed by atoms with Crippen molar-refractivity contribution in [2.24, 2.45) is 0 Å². The normalized spacial score (nSPS) is 11.1. The molecule has 0 aliphatic carbocycles. The molecule has 2 amide bonds. The number of rotatable bonds is 8. The van der Waals surface area contributed by atoms with Crippen molar-refractivity contribution in [2.75, 3.05) is 6.54 Å². The molecule has 0 bridgehead atoms. The molecule has 0 atom stereocenters. The second-order valence-electron chi connectivity index (χ2n) is 7.22. The first kappa shape index (κ1) is 20.4. The molecule has 0 unspecified atom stereocenters. The smallest absolute Gasteiger partial charge is 0.407 e. The van der Waals surface area contributed by atoms with E-state index in [1.165, 1.54) is 6.33 Å². The second kappa shape index (κ2) is 9.70. The molecule has 27 heavy (non-hydrogen) atoms. The van der Waals surface area contributed by atoms with Crippen molar-refractivity contribution in [1.82, 2.24) is 25.4 Å². The highest BCUT2D eigenvalue weighted by Crippen LogP contribution is 2.07. The zero-order valence-corrected chi connectivity index (χ0v) is 16.1. The lowest BCUT2D eigenvalue weighted by molar-refractivity contribution is -0.121. The molecule has 0 saturated heterocycles. The maximum atomic E-state index is 12.0. The molecular formula is C19H27N5O3. The molecule has 1 heterocycles. The minimum atomic E-state index is -0.524. The van der Waals surface area contributed by atoms with Crippen LogP contribution >= 0.6 is 0 Å². The summed E-state index contributed by atoms with van der Waals surface area (Å²) < 4.78 is 6.88. The van der Waals surface area contributed by atoms with E-state index in [1.807, 2.05) is 24.3 Å². The van der Waals surface area contributed by atoms with Crippen LogP contribution in [0.4, 0.5) is 4.79 Å². The van der Waals surface area contributed by atoms with Crippen molar-refractivity contribution in [1.29, 1.82) is 0 Å². The van der Waals surface area contributed by atoms with E-state index in [2.05, 4.69) is 20.7 Å². The Balaban J connectivity index is 1.66. The molecule has 146 valence electrons. The molecule has 0 spiro atoms. The number of hydrogen-bond acceptors (Lipinski definition) is 5. The predicted molar refractivity (Wildman–Crippen MR) is 101 cm³/mol. The Kier molecular flexibility index (Phi) is 7.34. The van der Waals surface area contributed by atoms with E-state index in [-0.39, 0.29) is 5.91 Å². The Hall–Kier alpha value is -2.90. The number of alkyl carbamates (subject to hydrolysis) is 1. The lowest BCUT2D eigenvalue weighted by atomic mass is 10.1. The highest BCUT2D eigenvalue weighted by Gasteiger charge is 2.15. The van der Waals surface area contributed by atoms with Gasteiger partial charge in [0.15, 0.2) is 0 Å². The first-order valence-electron chi connectivity index (χ1n) is 8.95. The first-order chi connectivity index (χ1) is 12.8. The van der Waals surface area contributed by atoms with Gasteiger partial charge in [0.05, 0.1) is 6.54 Å². The fourth-order valence-electron chi connectivity index (χ4n) is 2.38. The van der Waals surface area contributed by atoms with Gasteiger partial charge in [-0.15, -0.1) is 0 Å². The van der Waals surface area contributed by atoms with Crippen LogP contribution in [0.3, 0.4) is 0 Å². The molecule has 2 rings (SSSR count). The third kappa shape index (κ3) is 8.35. The summed E-state index contributed by atoms with van der Waals surface area (Å²) in [5, 5.41) is 9.62. The summed E-state index contributed by atoms with van der Waals surface area (Å²) in [6.45, 7) is 6.92. The van der Waals surface area contributed by atoms with Crippen LogP contribution in [0.1, 0.15) is 44.7 Å². The molecule has 0 fully saturated rings. The molecule has 0 aliphatic rings. The quantitative estimate of drug-likeness (QED) is 0.692. The van der Waals surface area contributed by atoms with Crippen LogP contribution in [-0.2, 0) is 22.6 Å². The number of hydrogen-bond donors (Lipinski definition) is 2. The van der Waals surface area contributed by atoms with Gasteiger partial charge >= 0.3 is 6.09 Å². The monoisotopic (exact) mass is 373 g/mol. The van der Waals surface area contributed by atoms with Gasteiger partial charge in [-0.1, -0.05) is 24.3 Å². The van der Waals surface area contributed by atoms with Crippen LogP contribution in [0.25, 0.3) is 0 Å². The minimum Gasteiger partial charge on any atom is -0.444 e.